The summed E-state index contributed by atoms with van der Waals surface area (Å²) in [5.74, 6) is -0.334. The molecule has 2 aliphatic rings. The number of carbonyl (C=O) groups is 1. The maximum absolute atomic E-state index is 13.4. The number of nitrogens with zero attached hydrogens (tertiary/aromatic N) is 1. The highest BCUT2D eigenvalue weighted by molar-refractivity contribution is 6.03. The standard InChI is InChI=1S/C27H30F2N2O5.3H2/c1-15-9-18(10-16-11-22(25(2,3)4)31(23(15)16)13-19(33)14-32)30-24(34)26(7-8-26)17-5-6-20-21(12-17)36-27(28,29)35-20;;;/h5-6,9-12,19,32-33H,7-8,13-14H2,1-4H3,(H,30,34);3*1H. The molecule has 1 aliphatic heterocycles. The fourth-order valence-corrected chi connectivity index (χ4v) is 5.05. The van der Waals surface area contributed by atoms with E-state index in [2.05, 4.69) is 35.6 Å². The van der Waals surface area contributed by atoms with E-state index in [0.717, 1.165) is 22.2 Å². The molecule has 1 fully saturated rings. The molecule has 0 radical (unpaired) electrons. The molecular formula is C27H36F2N2O5. The van der Waals surface area contributed by atoms with Gasteiger partial charge in [0, 0.05) is 26.5 Å². The van der Waals surface area contributed by atoms with Crippen LogP contribution in [-0.2, 0) is 22.2 Å². The quantitative estimate of drug-likeness (QED) is 0.420. The van der Waals surface area contributed by atoms with Gasteiger partial charge in [-0.3, -0.25) is 4.79 Å². The van der Waals surface area contributed by atoms with Gasteiger partial charge in [0.15, 0.2) is 11.5 Å². The first-order valence-electron chi connectivity index (χ1n) is 12.0. The Bertz CT molecular complexity index is 1370. The lowest BCUT2D eigenvalue weighted by Gasteiger charge is -2.24. The normalized spacial score (nSPS) is 18.3. The summed E-state index contributed by atoms with van der Waals surface area (Å²) in [6.07, 6.45) is -3.40. The molecule has 2 aromatic carbocycles. The van der Waals surface area contributed by atoms with Crippen LogP contribution in [0.4, 0.5) is 14.5 Å². The number of aromatic nitrogens is 1. The van der Waals surface area contributed by atoms with E-state index in [1.54, 1.807) is 6.07 Å². The lowest BCUT2D eigenvalue weighted by molar-refractivity contribution is -0.286. The molecule has 198 valence electrons. The average Bonchev–Trinajstić information content (AvgIpc) is 3.41. The van der Waals surface area contributed by atoms with Crippen molar-refractivity contribution in [2.45, 2.75) is 70.3 Å². The van der Waals surface area contributed by atoms with Crippen molar-refractivity contribution in [3.63, 3.8) is 0 Å². The summed E-state index contributed by atoms with van der Waals surface area (Å²) < 4.78 is 37.9. The van der Waals surface area contributed by atoms with Gasteiger partial charge in [-0.15, -0.1) is 8.78 Å². The molecule has 7 nitrogen and oxygen atoms in total. The number of aryl methyl sites for hydroxylation is 1. The monoisotopic (exact) mass is 506 g/mol. The molecule has 1 amide bonds. The Morgan fingerprint density at radius 3 is 2.50 bits per heavy atom. The lowest BCUT2D eigenvalue weighted by Crippen LogP contribution is -2.28. The van der Waals surface area contributed by atoms with Gasteiger partial charge in [-0.05, 0) is 61.2 Å². The van der Waals surface area contributed by atoms with Gasteiger partial charge in [0.25, 0.3) is 0 Å². The number of rotatable bonds is 6. The van der Waals surface area contributed by atoms with Gasteiger partial charge in [0.2, 0.25) is 5.91 Å². The summed E-state index contributed by atoms with van der Waals surface area (Å²) in [4.78, 5) is 13.4. The van der Waals surface area contributed by atoms with Crippen molar-refractivity contribution in [3.05, 3.63) is 53.2 Å². The third-order valence-electron chi connectivity index (χ3n) is 6.95. The number of ether oxygens (including phenoxy) is 2. The van der Waals surface area contributed by atoms with Crippen LogP contribution in [0.5, 0.6) is 11.5 Å². The Morgan fingerprint density at radius 1 is 1.17 bits per heavy atom. The molecule has 0 saturated heterocycles. The Balaban J connectivity index is 0.00000178. The second-order valence-electron chi connectivity index (χ2n) is 10.8. The Kier molecular flexibility index (Phi) is 5.57. The van der Waals surface area contributed by atoms with E-state index in [1.165, 1.54) is 12.1 Å². The number of nitrogens with one attached hydrogen (secondary N) is 1. The topological polar surface area (TPSA) is 93.0 Å². The molecule has 1 unspecified atom stereocenters. The van der Waals surface area contributed by atoms with Gasteiger partial charge in [0.05, 0.1) is 30.2 Å². The Morgan fingerprint density at radius 2 is 1.86 bits per heavy atom. The van der Waals surface area contributed by atoms with E-state index in [4.69, 9.17) is 0 Å². The molecule has 5 rings (SSSR count). The predicted molar refractivity (Wildman–Crippen MR) is 137 cm³/mol. The van der Waals surface area contributed by atoms with Crippen molar-refractivity contribution in [1.82, 2.24) is 4.57 Å². The number of hydrogen-bond donors (Lipinski definition) is 3. The van der Waals surface area contributed by atoms with Crippen LogP contribution in [0.3, 0.4) is 0 Å². The fourth-order valence-electron chi connectivity index (χ4n) is 5.05. The molecule has 3 N–H and O–H groups in total. The molecule has 1 aromatic heterocycles. The average molecular weight is 507 g/mol. The number of aliphatic hydroxyl groups is 2. The van der Waals surface area contributed by atoms with Crippen LogP contribution < -0.4 is 14.8 Å². The van der Waals surface area contributed by atoms with Crippen LogP contribution in [0.2, 0.25) is 0 Å². The minimum atomic E-state index is -3.71. The van der Waals surface area contributed by atoms with Gasteiger partial charge in [-0.1, -0.05) is 26.8 Å². The first-order valence-corrected chi connectivity index (χ1v) is 12.0. The SMILES string of the molecule is Cc1cc(NC(=O)C2(c3ccc4c(c3)OC(F)(F)O4)CC2)cc2cc(C(C)(C)C)n(CC(O)CO)c12.[HH].[HH].[HH]. The fraction of sp³-hybridized carbons (Fsp3) is 0.444. The Hall–Kier alpha value is -3.17. The van der Waals surface area contributed by atoms with Gasteiger partial charge < -0.3 is 29.6 Å². The van der Waals surface area contributed by atoms with Crippen LogP contribution in [0.25, 0.3) is 10.9 Å². The summed E-state index contributed by atoms with van der Waals surface area (Å²) in [5, 5.41) is 23.5. The molecular weight excluding hydrogens is 470 g/mol. The molecule has 36 heavy (non-hydrogen) atoms. The molecule has 1 aliphatic carbocycles. The number of fused-ring (bicyclic) bond motifs is 2. The minimum absolute atomic E-state index is 0. The lowest BCUT2D eigenvalue weighted by atomic mass is 9.92. The Labute approximate surface area is 212 Å². The zero-order chi connectivity index (χ0) is 26.0. The van der Waals surface area contributed by atoms with E-state index >= 15 is 0 Å². The summed E-state index contributed by atoms with van der Waals surface area (Å²) in [6.45, 7) is 8.11. The third kappa shape index (κ3) is 4.20. The van der Waals surface area contributed by atoms with Crippen molar-refractivity contribution >= 4 is 22.5 Å². The highest BCUT2D eigenvalue weighted by atomic mass is 19.3. The second-order valence-corrected chi connectivity index (χ2v) is 10.8. The van der Waals surface area contributed by atoms with Gasteiger partial charge >= 0.3 is 6.29 Å². The highest BCUT2D eigenvalue weighted by Crippen LogP contribution is 2.52. The molecule has 0 spiro atoms. The van der Waals surface area contributed by atoms with Crippen LogP contribution in [0.15, 0.2) is 36.4 Å². The zero-order valence-electron chi connectivity index (χ0n) is 20.7. The number of amides is 1. The van der Waals surface area contributed by atoms with E-state index < -0.39 is 17.8 Å². The van der Waals surface area contributed by atoms with Crippen LogP contribution >= 0.6 is 0 Å². The number of carbonyl (C=O) groups excluding carboxylic acids is 1. The first-order chi connectivity index (χ1) is 16.8. The number of halogens is 2. The van der Waals surface area contributed by atoms with Crippen molar-refractivity contribution in [1.29, 1.82) is 0 Å². The zero-order valence-corrected chi connectivity index (χ0v) is 20.7. The summed E-state index contributed by atoms with van der Waals surface area (Å²) >= 11 is 0. The number of aliphatic hydroxyl groups excluding tert-OH is 2. The predicted octanol–water partition coefficient (Wildman–Crippen LogP) is 5.33. The molecule has 1 atom stereocenters. The summed E-state index contributed by atoms with van der Waals surface area (Å²) in [7, 11) is 0. The van der Waals surface area contributed by atoms with Gasteiger partial charge in [0.1, 0.15) is 0 Å². The highest BCUT2D eigenvalue weighted by Gasteiger charge is 2.52. The molecule has 1 saturated carbocycles. The van der Waals surface area contributed by atoms with Gasteiger partial charge in [-0.2, -0.15) is 0 Å². The van der Waals surface area contributed by atoms with E-state index in [-0.39, 0.29) is 40.3 Å². The molecule has 2 heterocycles. The summed E-state index contributed by atoms with van der Waals surface area (Å²) in [6, 6.07) is 10.3. The maximum atomic E-state index is 13.4. The van der Waals surface area contributed by atoms with E-state index in [9.17, 15) is 23.8 Å². The van der Waals surface area contributed by atoms with Crippen molar-refractivity contribution < 1.29 is 37.5 Å². The first kappa shape index (κ1) is 24.5. The smallest absolute Gasteiger partial charge is 0.395 e. The van der Waals surface area contributed by atoms with Crippen molar-refractivity contribution in [2.75, 3.05) is 11.9 Å². The maximum Gasteiger partial charge on any atom is 0.586 e. The number of benzene rings is 2. The van der Waals surface area contributed by atoms with Gasteiger partial charge in [-0.25, -0.2) is 0 Å². The number of anilines is 1. The summed E-state index contributed by atoms with van der Waals surface area (Å²) in [5.41, 5.74) is 3.07. The van der Waals surface area contributed by atoms with E-state index in [0.29, 0.717) is 24.1 Å². The largest absolute Gasteiger partial charge is 0.586 e. The molecule has 0 bridgehead atoms. The van der Waals surface area contributed by atoms with Crippen LogP contribution in [0.1, 0.15) is 54.7 Å². The number of hydrogen-bond acceptors (Lipinski definition) is 5. The third-order valence-corrected chi connectivity index (χ3v) is 6.95. The molecule has 3 aromatic rings. The van der Waals surface area contributed by atoms with Crippen molar-refractivity contribution in [3.8, 4) is 11.5 Å². The van der Waals surface area contributed by atoms with Crippen LogP contribution in [-0.4, -0.2) is 39.7 Å². The minimum Gasteiger partial charge on any atom is -0.395 e. The molecule has 9 heteroatoms. The van der Waals surface area contributed by atoms with Crippen molar-refractivity contribution in [2.24, 2.45) is 0 Å². The van der Waals surface area contributed by atoms with E-state index in [1.807, 2.05) is 29.7 Å². The second kappa shape index (κ2) is 8.18. The van der Waals surface area contributed by atoms with Crippen LogP contribution in [0, 0.1) is 6.92 Å². The number of alkyl halides is 2.